The SMILES string of the molecule is COc1cc(/C=C/C(=O)O)ccc1O[C@H]1CCOC1. The average Bonchev–Trinajstić information content (AvgIpc) is 2.90. The van der Waals surface area contributed by atoms with Crippen molar-refractivity contribution in [3.05, 3.63) is 29.8 Å². The highest BCUT2D eigenvalue weighted by molar-refractivity contribution is 5.85. The van der Waals surface area contributed by atoms with Crippen molar-refractivity contribution in [2.45, 2.75) is 12.5 Å². The molecule has 1 aliphatic rings. The maximum Gasteiger partial charge on any atom is 0.328 e. The number of carboxylic acids is 1. The lowest BCUT2D eigenvalue weighted by Crippen LogP contribution is -2.16. The van der Waals surface area contributed by atoms with Crippen LogP contribution in [-0.4, -0.2) is 37.5 Å². The van der Waals surface area contributed by atoms with E-state index in [1.54, 1.807) is 25.3 Å². The lowest BCUT2D eigenvalue weighted by Gasteiger charge is -2.15. The molecule has 1 aromatic rings. The minimum atomic E-state index is -0.984. The molecule has 0 bridgehead atoms. The lowest BCUT2D eigenvalue weighted by atomic mass is 10.2. The third-order valence-corrected chi connectivity index (χ3v) is 2.79. The Balaban J connectivity index is 2.13. The van der Waals surface area contributed by atoms with Gasteiger partial charge < -0.3 is 19.3 Å². The van der Waals surface area contributed by atoms with Gasteiger partial charge in [-0.3, -0.25) is 0 Å². The number of aliphatic carboxylic acids is 1. The van der Waals surface area contributed by atoms with Gasteiger partial charge in [0.1, 0.15) is 6.10 Å². The zero-order chi connectivity index (χ0) is 13.7. The van der Waals surface area contributed by atoms with Crippen LogP contribution < -0.4 is 9.47 Å². The molecule has 1 fully saturated rings. The van der Waals surface area contributed by atoms with Crippen molar-refractivity contribution in [3.63, 3.8) is 0 Å². The standard InChI is InChI=1S/C14H16O5/c1-17-13-8-10(3-5-14(15)16)2-4-12(13)19-11-6-7-18-9-11/h2-5,8,11H,6-7,9H2,1H3,(H,15,16)/b5-3+/t11-/m0/s1. The maximum absolute atomic E-state index is 10.5. The van der Waals surface area contributed by atoms with Gasteiger partial charge in [-0.1, -0.05) is 6.07 Å². The van der Waals surface area contributed by atoms with Crippen molar-refractivity contribution >= 4 is 12.0 Å². The summed E-state index contributed by atoms with van der Waals surface area (Å²) >= 11 is 0. The number of carbonyl (C=O) groups is 1. The molecule has 0 spiro atoms. The van der Waals surface area contributed by atoms with Crippen molar-refractivity contribution in [1.82, 2.24) is 0 Å². The Morgan fingerprint density at radius 3 is 2.95 bits per heavy atom. The van der Waals surface area contributed by atoms with E-state index in [1.165, 1.54) is 6.08 Å². The molecule has 102 valence electrons. The Bertz CT molecular complexity index is 475. The second kappa shape index (κ2) is 6.24. The highest BCUT2D eigenvalue weighted by atomic mass is 16.6. The molecule has 1 heterocycles. The first-order chi connectivity index (χ1) is 9.19. The molecule has 0 aromatic heterocycles. The van der Waals surface area contributed by atoms with Gasteiger partial charge in [-0.05, 0) is 23.8 Å². The molecule has 19 heavy (non-hydrogen) atoms. The summed E-state index contributed by atoms with van der Waals surface area (Å²) in [5, 5.41) is 8.59. The van der Waals surface area contributed by atoms with Gasteiger partial charge in [0.2, 0.25) is 0 Å². The van der Waals surface area contributed by atoms with Crippen molar-refractivity contribution in [3.8, 4) is 11.5 Å². The van der Waals surface area contributed by atoms with Crippen LogP contribution in [0.2, 0.25) is 0 Å². The Morgan fingerprint density at radius 2 is 2.32 bits per heavy atom. The largest absolute Gasteiger partial charge is 0.493 e. The van der Waals surface area contributed by atoms with E-state index in [-0.39, 0.29) is 6.10 Å². The fourth-order valence-corrected chi connectivity index (χ4v) is 1.84. The molecule has 1 atom stereocenters. The summed E-state index contributed by atoms with van der Waals surface area (Å²) in [6, 6.07) is 5.30. The van der Waals surface area contributed by atoms with Crippen molar-refractivity contribution in [2.24, 2.45) is 0 Å². The van der Waals surface area contributed by atoms with Crippen LogP contribution in [0.4, 0.5) is 0 Å². The van der Waals surface area contributed by atoms with E-state index in [2.05, 4.69) is 0 Å². The van der Waals surface area contributed by atoms with Gasteiger partial charge in [0.25, 0.3) is 0 Å². The zero-order valence-corrected chi connectivity index (χ0v) is 10.7. The van der Waals surface area contributed by atoms with Crippen molar-refractivity contribution < 1.29 is 24.1 Å². The van der Waals surface area contributed by atoms with Crippen LogP contribution in [-0.2, 0) is 9.53 Å². The number of ether oxygens (including phenoxy) is 3. The van der Waals surface area contributed by atoms with Gasteiger partial charge in [0.15, 0.2) is 11.5 Å². The molecular weight excluding hydrogens is 248 g/mol. The predicted molar refractivity (Wildman–Crippen MR) is 69.5 cm³/mol. The van der Waals surface area contributed by atoms with E-state index in [0.717, 1.165) is 18.1 Å². The molecular formula is C14H16O5. The topological polar surface area (TPSA) is 65.0 Å². The van der Waals surface area contributed by atoms with Gasteiger partial charge in [-0.15, -0.1) is 0 Å². The minimum absolute atomic E-state index is 0.0503. The maximum atomic E-state index is 10.5. The van der Waals surface area contributed by atoms with E-state index in [1.807, 2.05) is 0 Å². The zero-order valence-electron chi connectivity index (χ0n) is 10.7. The number of benzene rings is 1. The number of methoxy groups -OCH3 is 1. The van der Waals surface area contributed by atoms with Gasteiger partial charge >= 0.3 is 5.97 Å². The molecule has 1 N–H and O–H groups in total. The Hall–Kier alpha value is -2.01. The molecule has 5 nitrogen and oxygen atoms in total. The van der Waals surface area contributed by atoms with Gasteiger partial charge in [-0.2, -0.15) is 0 Å². The number of hydrogen-bond acceptors (Lipinski definition) is 4. The highest BCUT2D eigenvalue weighted by Gasteiger charge is 2.18. The smallest absolute Gasteiger partial charge is 0.328 e. The number of hydrogen-bond donors (Lipinski definition) is 1. The third kappa shape index (κ3) is 3.72. The van der Waals surface area contributed by atoms with Crippen LogP contribution in [0, 0.1) is 0 Å². The first-order valence-corrected chi connectivity index (χ1v) is 6.02. The summed E-state index contributed by atoms with van der Waals surface area (Å²) in [7, 11) is 1.55. The number of carboxylic acid groups (broad SMARTS) is 1. The fourth-order valence-electron chi connectivity index (χ4n) is 1.84. The molecule has 1 aromatic carbocycles. The monoisotopic (exact) mass is 264 g/mol. The Kier molecular flexibility index (Phi) is 4.41. The Morgan fingerprint density at radius 1 is 1.47 bits per heavy atom. The van der Waals surface area contributed by atoms with Crippen LogP contribution >= 0.6 is 0 Å². The van der Waals surface area contributed by atoms with Crippen LogP contribution in [0.5, 0.6) is 11.5 Å². The van der Waals surface area contributed by atoms with E-state index in [4.69, 9.17) is 19.3 Å². The molecule has 0 aliphatic carbocycles. The van der Waals surface area contributed by atoms with Gasteiger partial charge in [0.05, 0.1) is 20.3 Å². The quantitative estimate of drug-likeness (QED) is 0.823. The average molecular weight is 264 g/mol. The van der Waals surface area contributed by atoms with Crippen LogP contribution in [0.3, 0.4) is 0 Å². The highest BCUT2D eigenvalue weighted by Crippen LogP contribution is 2.30. The summed E-state index contributed by atoms with van der Waals surface area (Å²) in [5.74, 6) is 0.243. The molecule has 1 saturated heterocycles. The summed E-state index contributed by atoms with van der Waals surface area (Å²) in [6.45, 7) is 1.30. The summed E-state index contributed by atoms with van der Waals surface area (Å²) in [4.78, 5) is 10.5. The summed E-state index contributed by atoms with van der Waals surface area (Å²) < 4.78 is 16.3. The molecule has 0 amide bonds. The lowest BCUT2D eigenvalue weighted by molar-refractivity contribution is -0.131. The second-order valence-electron chi connectivity index (χ2n) is 4.19. The molecule has 1 aliphatic heterocycles. The molecule has 2 rings (SSSR count). The first kappa shape index (κ1) is 13.4. The summed E-state index contributed by atoms with van der Waals surface area (Å²) in [5.41, 5.74) is 0.745. The minimum Gasteiger partial charge on any atom is -0.493 e. The molecule has 0 radical (unpaired) electrons. The van der Waals surface area contributed by atoms with Crippen molar-refractivity contribution in [2.75, 3.05) is 20.3 Å². The van der Waals surface area contributed by atoms with Crippen molar-refractivity contribution in [1.29, 1.82) is 0 Å². The third-order valence-electron chi connectivity index (χ3n) is 2.79. The van der Waals surface area contributed by atoms with E-state index < -0.39 is 5.97 Å². The van der Waals surface area contributed by atoms with Gasteiger partial charge in [0, 0.05) is 12.5 Å². The fraction of sp³-hybridized carbons (Fsp3) is 0.357. The van der Waals surface area contributed by atoms with Crippen LogP contribution in [0.25, 0.3) is 6.08 Å². The van der Waals surface area contributed by atoms with E-state index in [9.17, 15) is 4.79 Å². The molecule has 0 unspecified atom stereocenters. The molecule has 0 saturated carbocycles. The Labute approximate surface area is 111 Å². The summed E-state index contributed by atoms with van der Waals surface area (Å²) in [6.07, 6.45) is 3.51. The first-order valence-electron chi connectivity index (χ1n) is 6.02. The van der Waals surface area contributed by atoms with Gasteiger partial charge in [-0.25, -0.2) is 4.79 Å². The molecule has 5 heteroatoms. The van der Waals surface area contributed by atoms with E-state index >= 15 is 0 Å². The predicted octanol–water partition coefficient (Wildman–Crippen LogP) is 1.96. The second-order valence-corrected chi connectivity index (χ2v) is 4.19. The van der Waals surface area contributed by atoms with E-state index in [0.29, 0.717) is 24.7 Å². The number of rotatable bonds is 5. The normalized spacial score (nSPS) is 18.7. The van der Waals surface area contributed by atoms with Crippen LogP contribution in [0.1, 0.15) is 12.0 Å². The van der Waals surface area contributed by atoms with Crippen LogP contribution in [0.15, 0.2) is 24.3 Å².